The van der Waals surface area contributed by atoms with Crippen LogP contribution in [0, 0.1) is 13.8 Å². The minimum Gasteiger partial charge on any atom is -0.497 e. The summed E-state index contributed by atoms with van der Waals surface area (Å²) in [5, 5.41) is -0.116. The fourth-order valence-electron chi connectivity index (χ4n) is 3.75. The first-order chi connectivity index (χ1) is 17.6. The fraction of sp³-hybridized carbons (Fsp3) is 0.208. The SMILES string of the molecule is COc1ccc2nc(S(=O)c3ncc(C)c(OC)c3C)n(S(=O)(=O)c3ccc(OCC(N)=O)cc3)c2c1. The van der Waals surface area contributed by atoms with Crippen LogP contribution in [0.4, 0.5) is 0 Å². The van der Waals surface area contributed by atoms with Crippen LogP contribution < -0.4 is 19.9 Å². The van der Waals surface area contributed by atoms with Crippen molar-refractivity contribution >= 4 is 37.8 Å². The zero-order valence-electron chi connectivity index (χ0n) is 20.4. The van der Waals surface area contributed by atoms with Crippen molar-refractivity contribution in [2.24, 2.45) is 5.73 Å². The molecule has 1 amide bonds. The smallest absolute Gasteiger partial charge is 0.270 e. The highest BCUT2D eigenvalue weighted by Gasteiger charge is 2.30. The summed E-state index contributed by atoms with van der Waals surface area (Å²) in [5.41, 5.74) is 6.81. The summed E-state index contributed by atoms with van der Waals surface area (Å²) in [7, 11) is -3.47. The van der Waals surface area contributed by atoms with Gasteiger partial charge in [-0.2, -0.15) is 0 Å². The number of imidazole rings is 1. The number of primary amides is 1. The van der Waals surface area contributed by atoms with Gasteiger partial charge in [-0.1, -0.05) is 0 Å². The first kappa shape index (κ1) is 26.1. The second kappa shape index (κ2) is 10.2. The van der Waals surface area contributed by atoms with E-state index in [0.29, 0.717) is 22.6 Å². The van der Waals surface area contributed by atoms with Crippen LogP contribution >= 0.6 is 0 Å². The Morgan fingerprint density at radius 2 is 1.73 bits per heavy atom. The Kier molecular flexibility index (Phi) is 7.18. The van der Waals surface area contributed by atoms with Crippen LogP contribution in [0.15, 0.2) is 63.7 Å². The number of aryl methyl sites for hydroxylation is 1. The van der Waals surface area contributed by atoms with Crippen LogP contribution in [-0.2, 0) is 25.6 Å². The van der Waals surface area contributed by atoms with Crippen molar-refractivity contribution in [2.45, 2.75) is 28.9 Å². The number of benzene rings is 2. The highest BCUT2D eigenvalue weighted by atomic mass is 32.2. The molecule has 2 aromatic heterocycles. The van der Waals surface area contributed by atoms with Crippen molar-refractivity contribution in [2.75, 3.05) is 20.8 Å². The Morgan fingerprint density at radius 1 is 1.05 bits per heavy atom. The third-order valence-electron chi connectivity index (χ3n) is 5.47. The lowest BCUT2D eigenvalue weighted by atomic mass is 10.2. The number of amides is 1. The molecule has 37 heavy (non-hydrogen) atoms. The normalized spacial score (nSPS) is 12.3. The van der Waals surface area contributed by atoms with Crippen LogP contribution in [0.2, 0.25) is 0 Å². The maximum Gasteiger partial charge on any atom is 0.270 e. The molecule has 0 fully saturated rings. The molecule has 4 rings (SSSR count). The average Bonchev–Trinajstić information content (AvgIpc) is 3.27. The summed E-state index contributed by atoms with van der Waals surface area (Å²) in [6.45, 7) is 3.14. The number of nitrogens with two attached hydrogens (primary N) is 1. The summed E-state index contributed by atoms with van der Waals surface area (Å²) < 4.78 is 58.5. The second-order valence-corrected chi connectivity index (χ2v) is 11.0. The van der Waals surface area contributed by atoms with Crippen LogP contribution in [0.3, 0.4) is 0 Å². The van der Waals surface area contributed by atoms with E-state index in [4.69, 9.17) is 19.9 Å². The number of ether oxygens (including phenoxy) is 3. The molecule has 0 spiro atoms. The first-order valence-electron chi connectivity index (χ1n) is 10.8. The Labute approximate surface area is 215 Å². The minimum absolute atomic E-state index is 0.120. The molecule has 0 aliphatic carbocycles. The molecule has 4 aromatic rings. The summed E-state index contributed by atoms with van der Waals surface area (Å²) in [6, 6.07) is 10.1. The Morgan fingerprint density at radius 3 is 2.35 bits per heavy atom. The Bertz CT molecular complexity index is 1630. The molecule has 0 radical (unpaired) electrons. The summed E-state index contributed by atoms with van der Waals surface area (Å²) in [5.74, 6) is 0.476. The third-order valence-corrected chi connectivity index (χ3v) is 8.68. The largest absolute Gasteiger partial charge is 0.497 e. The number of fused-ring (bicyclic) bond motifs is 1. The predicted molar refractivity (Wildman–Crippen MR) is 135 cm³/mol. The summed E-state index contributed by atoms with van der Waals surface area (Å²) in [6.07, 6.45) is 1.51. The molecule has 2 aromatic carbocycles. The molecular weight excluding hydrogens is 520 g/mol. The zero-order chi connectivity index (χ0) is 26.9. The van der Waals surface area contributed by atoms with Crippen molar-refractivity contribution in [3.8, 4) is 17.2 Å². The minimum atomic E-state index is -4.32. The quantitative estimate of drug-likeness (QED) is 0.334. The number of aromatic nitrogens is 3. The van der Waals surface area contributed by atoms with Crippen LogP contribution in [-0.4, -0.2) is 53.3 Å². The van der Waals surface area contributed by atoms with Gasteiger partial charge in [-0.05, 0) is 50.2 Å². The van der Waals surface area contributed by atoms with Crippen LogP contribution in [0.1, 0.15) is 11.1 Å². The lowest BCUT2D eigenvalue weighted by molar-refractivity contribution is -0.119. The molecule has 11 nitrogen and oxygen atoms in total. The predicted octanol–water partition coefficient (Wildman–Crippen LogP) is 2.33. The summed E-state index contributed by atoms with van der Waals surface area (Å²) in [4.78, 5) is 19.6. The van der Waals surface area contributed by atoms with E-state index < -0.39 is 26.7 Å². The van der Waals surface area contributed by atoms with Gasteiger partial charge in [-0.15, -0.1) is 0 Å². The van der Waals surface area contributed by atoms with Gasteiger partial charge in [0, 0.05) is 23.4 Å². The van der Waals surface area contributed by atoms with Crippen LogP contribution in [0.25, 0.3) is 11.0 Å². The number of carbonyl (C=O) groups excluding carboxylic acids is 1. The van der Waals surface area contributed by atoms with Crippen molar-refractivity contribution < 1.29 is 31.6 Å². The number of hydrogen-bond donors (Lipinski definition) is 1. The maximum atomic E-state index is 13.9. The Hall–Kier alpha value is -3.97. The van der Waals surface area contributed by atoms with Gasteiger partial charge in [0.15, 0.2) is 6.61 Å². The van der Waals surface area contributed by atoms with E-state index in [1.165, 1.54) is 50.7 Å². The lowest BCUT2D eigenvalue weighted by Gasteiger charge is -2.14. The molecular formula is C24H24N4O7S2. The molecule has 2 heterocycles. The van der Waals surface area contributed by atoms with E-state index >= 15 is 0 Å². The van der Waals surface area contributed by atoms with E-state index in [1.54, 1.807) is 26.0 Å². The maximum absolute atomic E-state index is 13.9. The van der Waals surface area contributed by atoms with Crippen molar-refractivity contribution in [1.29, 1.82) is 0 Å². The molecule has 0 saturated heterocycles. The molecule has 0 bridgehead atoms. The van der Waals surface area contributed by atoms with Gasteiger partial charge in [0.2, 0.25) is 5.16 Å². The van der Waals surface area contributed by atoms with E-state index in [1.807, 2.05) is 0 Å². The van der Waals surface area contributed by atoms with Crippen molar-refractivity contribution in [3.63, 3.8) is 0 Å². The molecule has 1 unspecified atom stereocenters. The van der Waals surface area contributed by atoms with E-state index in [9.17, 15) is 17.4 Å². The van der Waals surface area contributed by atoms with Gasteiger partial charge in [0.05, 0.1) is 30.1 Å². The number of methoxy groups -OCH3 is 2. The highest BCUT2D eigenvalue weighted by Crippen LogP contribution is 2.33. The summed E-state index contributed by atoms with van der Waals surface area (Å²) >= 11 is 0. The van der Waals surface area contributed by atoms with E-state index in [2.05, 4.69) is 9.97 Å². The number of carbonyl (C=O) groups is 1. The highest BCUT2D eigenvalue weighted by molar-refractivity contribution is 7.91. The topological polar surface area (TPSA) is 153 Å². The average molecular weight is 545 g/mol. The molecule has 0 aliphatic rings. The first-order valence-corrected chi connectivity index (χ1v) is 13.4. The molecule has 0 aliphatic heterocycles. The van der Waals surface area contributed by atoms with Crippen LogP contribution in [0.5, 0.6) is 17.2 Å². The third kappa shape index (κ3) is 4.87. The van der Waals surface area contributed by atoms with Crippen molar-refractivity contribution in [1.82, 2.24) is 13.9 Å². The molecule has 2 N–H and O–H groups in total. The standard InChI is InChI=1S/C24H24N4O7S2/c1-14-12-26-23(15(2)22(14)34-4)36(30)24-27-19-10-7-17(33-3)11-20(19)28(24)37(31,32)18-8-5-16(6-9-18)35-13-21(25)29/h5-12H,13H2,1-4H3,(H2,25,29). The van der Waals surface area contributed by atoms with E-state index in [-0.39, 0.29) is 33.0 Å². The zero-order valence-corrected chi connectivity index (χ0v) is 22.1. The monoisotopic (exact) mass is 544 g/mol. The Balaban J connectivity index is 1.91. The molecule has 1 atom stereocenters. The molecule has 194 valence electrons. The number of pyridine rings is 1. The van der Waals surface area contributed by atoms with Gasteiger partial charge >= 0.3 is 0 Å². The van der Waals surface area contributed by atoms with Gasteiger partial charge in [0.1, 0.15) is 33.1 Å². The number of nitrogens with zero attached hydrogens (tertiary/aromatic N) is 3. The second-order valence-electron chi connectivity index (χ2n) is 7.92. The lowest BCUT2D eigenvalue weighted by Crippen LogP contribution is -2.20. The molecule has 13 heteroatoms. The van der Waals surface area contributed by atoms with Gasteiger partial charge < -0.3 is 19.9 Å². The van der Waals surface area contributed by atoms with Gasteiger partial charge in [-0.25, -0.2) is 26.6 Å². The fourth-order valence-corrected chi connectivity index (χ4v) is 6.71. The van der Waals surface area contributed by atoms with E-state index in [0.717, 1.165) is 9.54 Å². The number of hydrogen-bond acceptors (Lipinski definition) is 9. The van der Waals surface area contributed by atoms with Crippen molar-refractivity contribution in [3.05, 3.63) is 59.8 Å². The number of rotatable bonds is 9. The van der Waals surface area contributed by atoms with Gasteiger partial charge in [0.25, 0.3) is 15.9 Å². The molecule has 0 saturated carbocycles. The van der Waals surface area contributed by atoms with Gasteiger partial charge in [-0.3, -0.25) is 4.79 Å².